The van der Waals surface area contributed by atoms with Crippen LogP contribution in [0.2, 0.25) is 0 Å². The van der Waals surface area contributed by atoms with E-state index in [1.54, 1.807) is 23.9 Å². The molecule has 0 N–H and O–H groups in total. The minimum Gasteiger partial charge on any atom is -0.349 e. The summed E-state index contributed by atoms with van der Waals surface area (Å²) in [6.07, 6.45) is 7.57. The van der Waals surface area contributed by atoms with Crippen molar-refractivity contribution >= 4 is 27.4 Å². The lowest BCUT2D eigenvalue weighted by molar-refractivity contribution is 0.628. The van der Waals surface area contributed by atoms with Gasteiger partial charge in [-0.3, -0.25) is 4.98 Å². The average molecular weight is 376 g/mol. The van der Waals surface area contributed by atoms with E-state index in [2.05, 4.69) is 31.3 Å². The Morgan fingerprint density at radius 2 is 2.00 bits per heavy atom. The number of rotatable bonds is 3. The van der Waals surface area contributed by atoms with E-state index >= 15 is 0 Å². The maximum Gasteiger partial charge on any atom is 0.141 e. The van der Waals surface area contributed by atoms with E-state index in [0.29, 0.717) is 0 Å². The van der Waals surface area contributed by atoms with Crippen molar-refractivity contribution < 1.29 is 4.39 Å². The van der Waals surface area contributed by atoms with Gasteiger partial charge in [0.25, 0.3) is 0 Å². The summed E-state index contributed by atoms with van der Waals surface area (Å²) >= 11 is 1.60. The molecule has 1 aliphatic heterocycles. The van der Waals surface area contributed by atoms with Crippen molar-refractivity contribution in [3.8, 4) is 11.1 Å². The smallest absolute Gasteiger partial charge is 0.141 e. The molecule has 4 heterocycles. The summed E-state index contributed by atoms with van der Waals surface area (Å²) in [6.45, 7) is 0.949. The van der Waals surface area contributed by atoms with Gasteiger partial charge in [-0.25, -0.2) is 14.4 Å². The molecule has 0 aliphatic carbocycles. The van der Waals surface area contributed by atoms with Crippen molar-refractivity contribution in [3.63, 3.8) is 0 Å². The molecule has 0 radical (unpaired) electrons. The molecule has 5 rings (SSSR count). The van der Waals surface area contributed by atoms with Crippen LogP contribution in [0.4, 0.5) is 10.2 Å². The number of hydrogen-bond donors (Lipinski definition) is 0. The summed E-state index contributed by atoms with van der Waals surface area (Å²) in [6, 6.07) is 11.0. The minimum absolute atomic E-state index is 0.231. The largest absolute Gasteiger partial charge is 0.349 e. The monoisotopic (exact) mass is 376 g/mol. The molecule has 0 spiro atoms. The van der Waals surface area contributed by atoms with Crippen molar-refractivity contribution in [2.45, 2.75) is 18.9 Å². The van der Waals surface area contributed by atoms with Crippen LogP contribution < -0.4 is 4.90 Å². The van der Waals surface area contributed by atoms with Gasteiger partial charge in [-0.15, -0.1) is 11.3 Å². The van der Waals surface area contributed by atoms with Gasteiger partial charge in [0.05, 0.1) is 11.4 Å². The molecule has 4 nitrogen and oxygen atoms in total. The van der Waals surface area contributed by atoms with Gasteiger partial charge in [-0.05, 0) is 42.2 Å². The van der Waals surface area contributed by atoms with Gasteiger partial charge in [-0.2, -0.15) is 0 Å². The summed E-state index contributed by atoms with van der Waals surface area (Å²) in [5.41, 5.74) is 3.25. The van der Waals surface area contributed by atoms with Crippen LogP contribution in [-0.2, 0) is 0 Å². The summed E-state index contributed by atoms with van der Waals surface area (Å²) in [5, 5.41) is 3.13. The van der Waals surface area contributed by atoms with Crippen LogP contribution in [0.5, 0.6) is 0 Å². The van der Waals surface area contributed by atoms with Crippen molar-refractivity contribution in [3.05, 3.63) is 71.9 Å². The van der Waals surface area contributed by atoms with E-state index in [1.807, 2.05) is 24.4 Å². The zero-order chi connectivity index (χ0) is 18.2. The van der Waals surface area contributed by atoms with Crippen LogP contribution >= 0.6 is 11.3 Å². The van der Waals surface area contributed by atoms with E-state index in [4.69, 9.17) is 0 Å². The van der Waals surface area contributed by atoms with Crippen LogP contribution in [0, 0.1) is 5.82 Å². The van der Waals surface area contributed by atoms with Crippen LogP contribution in [0.1, 0.15) is 24.4 Å². The van der Waals surface area contributed by atoms with E-state index in [-0.39, 0.29) is 11.9 Å². The molecule has 1 saturated heterocycles. The fourth-order valence-electron chi connectivity index (χ4n) is 3.86. The number of pyridine rings is 1. The Hall–Kier alpha value is -2.86. The molecule has 4 aromatic rings. The van der Waals surface area contributed by atoms with Gasteiger partial charge >= 0.3 is 0 Å². The Morgan fingerprint density at radius 1 is 1.11 bits per heavy atom. The number of benzene rings is 1. The third-order valence-corrected chi connectivity index (χ3v) is 5.99. The first-order valence-electron chi connectivity index (χ1n) is 8.96. The topological polar surface area (TPSA) is 41.9 Å². The lowest BCUT2D eigenvalue weighted by atomic mass is 10.0. The Labute approximate surface area is 160 Å². The van der Waals surface area contributed by atoms with Crippen molar-refractivity contribution in [1.82, 2.24) is 15.0 Å². The highest BCUT2D eigenvalue weighted by Gasteiger charge is 2.29. The molecule has 3 aromatic heterocycles. The minimum atomic E-state index is -0.231. The van der Waals surface area contributed by atoms with Gasteiger partial charge in [0.15, 0.2) is 0 Å². The number of halogens is 1. The van der Waals surface area contributed by atoms with E-state index in [0.717, 1.165) is 46.5 Å². The molecule has 0 bridgehead atoms. The number of fused-ring (bicyclic) bond motifs is 1. The molecule has 1 aromatic carbocycles. The third-order valence-electron chi connectivity index (χ3n) is 5.10. The fourth-order valence-corrected chi connectivity index (χ4v) is 4.77. The molecular weight excluding hydrogens is 359 g/mol. The van der Waals surface area contributed by atoms with Gasteiger partial charge in [0.1, 0.15) is 22.8 Å². The number of thiophene rings is 1. The highest BCUT2D eigenvalue weighted by molar-refractivity contribution is 7.17. The van der Waals surface area contributed by atoms with Crippen molar-refractivity contribution in [2.75, 3.05) is 11.4 Å². The molecule has 27 heavy (non-hydrogen) atoms. The van der Waals surface area contributed by atoms with Crippen LogP contribution in [0.3, 0.4) is 0 Å². The molecule has 6 heteroatoms. The summed E-state index contributed by atoms with van der Waals surface area (Å²) in [5.74, 6) is 0.720. The van der Waals surface area contributed by atoms with Gasteiger partial charge in [0, 0.05) is 29.9 Å². The number of hydrogen-bond acceptors (Lipinski definition) is 5. The SMILES string of the molecule is Fc1ccc(-c2csc3ncnc(N4CCCC4c4cccnc4)c23)cc1. The Balaban J connectivity index is 1.65. The first kappa shape index (κ1) is 16.3. The van der Waals surface area contributed by atoms with Gasteiger partial charge in [-0.1, -0.05) is 18.2 Å². The third kappa shape index (κ3) is 2.86. The molecule has 134 valence electrons. The van der Waals surface area contributed by atoms with Crippen molar-refractivity contribution in [2.24, 2.45) is 0 Å². The van der Waals surface area contributed by atoms with E-state index in [1.165, 1.54) is 17.7 Å². The molecule has 1 atom stereocenters. The maximum atomic E-state index is 13.4. The van der Waals surface area contributed by atoms with Crippen molar-refractivity contribution in [1.29, 1.82) is 0 Å². The lowest BCUT2D eigenvalue weighted by Crippen LogP contribution is -2.24. The second kappa shape index (κ2) is 6.70. The van der Waals surface area contributed by atoms with Crippen LogP contribution in [-0.4, -0.2) is 21.5 Å². The lowest BCUT2D eigenvalue weighted by Gasteiger charge is -2.26. The maximum absolute atomic E-state index is 13.4. The number of anilines is 1. The van der Waals surface area contributed by atoms with Gasteiger partial charge < -0.3 is 4.90 Å². The average Bonchev–Trinajstić information content (AvgIpc) is 3.36. The number of nitrogens with zero attached hydrogens (tertiary/aromatic N) is 4. The Kier molecular flexibility index (Phi) is 4.05. The standard InChI is InChI=1S/C21H17FN4S/c22-16-7-5-14(6-8-16)17-12-27-21-19(17)20(24-13-25-21)26-10-2-4-18(26)15-3-1-9-23-11-15/h1,3,5-9,11-13,18H,2,4,10H2. The fraction of sp³-hybridized carbons (Fsp3) is 0.190. The molecule has 0 amide bonds. The predicted octanol–water partition coefficient (Wildman–Crippen LogP) is 5.23. The second-order valence-electron chi connectivity index (χ2n) is 6.67. The second-order valence-corrected chi connectivity index (χ2v) is 7.53. The van der Waals surface area contributed by atoms with Crippen LogP contribution in [0.25, 0.3) is 21.3 Å². The Bertz CT molecular complexity index is 1080. The zero-order valence-electron chi connectivity index (χ0n) is 14.5. The molecule has 1 unspecified atom stereocenters. The first-order chi connectivity index (χ1) is 13.3. The quantitative estimate of drug-likeness (QED) is 0.491. The molecule has 0 saturated carbocycles. The summed E-state index contributed by atoms with van der Waals surface area (Å²) in [4.78, 5) is 16.7. The van der Waals surface area contributed by atoms with E-state index < -0.39 is 0 Å². The molecule has 1 aliphatic rings. The zero-order valence-corrected chi connectivity index (χ0v) is 15.4. The normalized spacial score (nSPS) is 16.9. The van der Waals surface area contributed by atoms with Gasteiger partial charge in [0.2, 0.25) is 0 Å². The number of aromatic nitrogens is 3. The highest BCUT2D eigenvalue weighted by atomic mass is 32.1. The Morgan fingerprint density at radius 3 is 2.81 bits per heavy atom. The summed E-state index contributed by atoms with van der Waals surface area (Å²) in [7, 11) is 0. The van der Waals surface area contributed by atoms with E-state index in [9.17, 15) is 4.39 Å². The van der Waals surface area contributed by atoms with Crippen LogP contribution in [0.15, 0.2) is 60.5 Å². The molecular formula is C21H17FN4S. The first-order valence-corrected chi connectivity index (χ1v) is 9.84. The molecule has 1 fully saturated rings. The summed E-state index contributed by atoms with van der Waals surface area (Å²) < 4.78 is 13.4. The highest BCUT2D eigenvalue weighted by Crippen LogP contribution is 2.42. The predicted molar refractivity (Wildman–Crippen MR) is 106 cm³/mol.